The molecule has 1 saturated heterocycles. The van der Waals surface area contributed by atoms with Gasteiger partial charge in [0.1, 0.15) is 6.10 Å². The SMILES string of the molecule is COC(=O)[C@@H](O[Si](C)(C)C(C)(C)C)C([C@H]1COC(C)(C)O1)N(O)Cc1ccccc1. The van der Waals surface area contributed by atoms with E-state index in [9.17, 15) is 10.0 Å². The number of nitrogens with zero attached hydrogens (tertiary/aromatic N) is 1. The van der Waals surface area contributed by atoms with E-state index in [2.05, 4.69) is 33.9 Å². The third-order valence-corrected chi connectivity index (χ3v) is 10.4. The van der Waals surface area contributed by atoms with Crippen LogP contribution in [0.15, 0.2) is 30.3 Å². The molecule has 0 aliphatic carbocycles. The van der Waals surface area contributed by atoms with Crippen LogP contribution >= 0.6 is 0 Å². The molecule has 1 aromatic rings. The maximum absolute atomic E-state index is 12.9. The van der Waals surface area contributed by atoms with Gasteiger partial charge in [0, 0.05) is 6.54 Å². The molecule has 1 aromatic carbocycles. The molecule has 1 fully saturated rings. The lowest BCUT2D eigenvalue weighted by Gasteiger charge is -2.42. The fraction of sp³-hybridized carbons (Fsp3) is 0.682. The predicted molar refractivity (Wildman–Crippen MR) is 117 cm³/mol. The Kier molecular flexibility index (Phi) is 7.87. The van der Waals surface area contributed by atoms with Crippen LogP contribution in [0.3, 0.4) is 0 Å². The van der Waals surface area contributed by atoms with Crippen LogP contribution < -0.4 is 0 Å². The highest BCUT2D eigenvalue weighted by atomic mass is 28.4. The fourth-order valence-electron chi connectivity index (χ4n) is 3.17. The summed E-state index contributed by atoms with van der Waals surface area (Å²) >= 11 is 0. The molecule has 2 rings (SSSR count). The summed E-state index contributed by atoms with van der Waals surface area (Å²) in [5.41, 5.74) is 0.902. The maximum atomic E-state index is 12.9. The van der Waals surface area contributed by atoms with E-state index in [1.807, 2.05) is 44.2 Å². The van der Waals surface area contributed by atoms with Gasteiger partial charge in [-0.25, -0.2) is 4.79 Å². The Balaban J connectivity index is 2.40. The van der Waals surface area contributed by atoms with Crippen molar-refractivity contribution < 1.29 is 28.6 Å². The van der Waals surface area contributed by atoms with Gasteiger partial charge in [0.25, 0.3) is 0 Å². The number of benzene rings is 1. The Hall–Kier alpha value is -1.29. The third-order valence-electron chi connectivity index (χ3n) is 5.91. The highest BCUT2D eigenvalue weighted by molar-refractivity contribution is 6.74. The molecule has 1 aliphatic rings. The van der Waals surface area contributed by atoms with E-state index >= 15 is 0 Å². The van der Waals surface area contributed by atoms with Gasteiger partial charge in [-0.15, -0.1) is 0 Å². The van der Waals surface area contributed by atoms with Crippen LogP contribution in [-0.2, 0) is 30.0 Å². The summed E-state index contributed by atoms with van der Waals surface area (Å²) in [5, 5.41) is 12.1. The number of ether oxygens (including phenoxy) is 3. The predicted octanol–water partition coefficient (Wildman–Crippen LogP) is 3.96. The molecule has 0 bridgehead atoms. The molecule has 0 aromatic heterocycles. The highest BCUT2D eigenvalue weighted by Gasteiger charge is 2.50. The number of carbonyl (C=O) groups is 1. The van der Waals surface area contributed by atoms with Crippen molar-refractivity contribution in [3.63, 3.8) is 0 Å². The Morgan fingerprint density at radius 2 is 1.90 bits per heavy atom. The lowest BCUT2D eigenvalue weighted by Crippen LogP contribution is -2.59. The van der Waals surface area contributed by atoms with Crippen LogP contribution in [0.5, 0.6) is 0 Å². The highest BCUT2D eigenvalue weighted by Crippen LogP contribution is 2.39. The Morgan fingerprint density at radius 1 is 1.30 bits per heavy atom. The topological polar surface area (TPSA) is 77.5 Å². The monoisotopic (exact) mass is 439 g/mol. The van der Waals surface area contributed by atoms with Crippen molar-refractivity contribution in [3.8, 4) is 0 Å². The van der Waals surface area contributed by atoms with Crippen molar-refractivity contribution in [2.45, 2.75) is 83.3 Å². The van der Waals surface area contributed by atoms with Gasteiger partial charge in [-0.2, -0.15) is 5.06 Å². The van der Waals surface area contributed by atoms with Crippen LogP contribution in [-0.4, -0.2) is 62.3 Å². The first-order chi connectivity index (χ1) is 13.8. The van der Waals surface area contributed by atoms with Gasteiger partial charge in [-0.05, 0) is 37.5 Å². The maximum Gasteiger partial charge on any atom is 0.335 e. The molecule has 7 nitrogen and oxygen atoms in total. The van der Waals surface area contributed by atoms with Crippen LogP contribution in [0.25, 0.3) is 0 Å². The molecular weight excluding hydrogens is 402 g/mol. The molecule has 0 amide bonds. The molecule has 1 N–H and O–H groups in total. The van der Waals surface area contributed by atoms with Gasteiger partial charge in [-0.3, -0.25) is 0 Å². The first kappa shape index (κ1) is 25.0. The summed E-state index contributed by atoms with van der Waals surface area (Å²) in [6.45, 7) is 14.5. The second kappa shape index (κ2) is 9.46. The van der Waals surface area contributed by atoms with Crippen molar-refractivity contribution in [1.29, 1.82) is 0 Å². The van der Waals surface area contributed by atoms with E-state index in [4.69, 9.17) is 18.6 Å². The molecule has 8 heteroatoms. The summed E-state index contributed by atoms with van der Waals surface area (Å²) in [6.07, 6.45) is -1.59. The minimum atomic E-state index is -2.37. The number of hydroxylamine groups is 2. The van der Waals surface area contributed by atoms with Gasteiger partial charge < -0.3 is 23.8 Å². The van der Waals surface area contributed by atoms with Gasteiger partial charge in [0.15, 0.2) is 20.2 Å². The molecule has 30 heavy (non-hydrogen) atoms. The minimum absolute atomic E-state index is 0.129. The van der Waals surface area contributed by atoms with E-state index in [1.165, 1.54) is 7.11 Å². The van der Waals surface area contributed by atoms with Gasteiger partial charge in [0.2, 0.25) is 0 Å². The second-order valence-electron chi connectivity index (χ2n) is 9.76. The Morgan fingerprint density at radius 3 is 2.37 bits per heavy atom. The summed E-state index contributed by atoms with van der Waals surface area (Å²) < 4.78 is 23.4. The van der Waals surface area contributed by atoms with E-state index in [0.29, 0.717) is 0 Å². The lowest BCUT2D eigenvalue weighted by atomic mass is 10.0. The largest absolute Gasteiger partial charge is 0.467 e. The van der Waals surface area contributed by atoms with Crippen LogP contribution in [0, 0.1) is 0 Å². The zero-order valence-electron chi connectivity index (χ0n) is 19.5. The van der Waals surface area contributed by atoms with E-state index in [0.717, 1.165) is 10.6 Å². The van der Waals surface area contributed by atoms with Crippen molar-refractivity contribution in [2.24, 2.45) is 0 Å². The summed E-state index contributed by atoms with van der Waals surface area (Å²) in [5.74, 6) is -1.35. The zero-order valence-corrected chi connectivity index (χ0v) is 20.5. The summed E-state index contributed by atoms with van der Waals surface area (Å²) in [6, 6.07) is 8.75. The third kappa shape index (κ3) is 6.12. The molecule has 1 heterocycles. The summed E-state index contributed by atoms with van der Waals surface area (Å²) in [4.78, 5) is 12.9. The number of methoxy groups -OCH3 is 1. The molecule has 1 unspecified atom stereocenters. The second-order valence-corrected chi connectivity index (χ2v) is 14.5. The standard InChI is InChI=1S/C22H37NO6Si/c1-21(2,3)30(7,8)29-19(20(24)26-6)18(17-15-27-22(4,5)28-17)23(25)14-16-12-10-9-11-13-16/h9-13,17-19,25H,14-15H2,1-8H3/t17-,18?,19+/m1/s1. The zero-order chi connectivity index (χ0) is 22.7. The molecule has 0 spiro atoms. The van der Waals surface area contributed by atoms with Crippen molar-refractivity contribution in [3.05, 3.63) is 35.9 Å². The molecular formula is C22H37NO6Si. The first-order valence-corrected chi connectivity index (χ1v) is 13.2. The average Bonchev–Trinajstić information content (AvgIpc) is 2.99. The number of hydrogen-bond donors (Lipinski definition) is 1. The Bertz CT molecular complexity index is 703. The number of esters is 1. The van der Waals surface area contributed by atoms with Gasteiger partial charge >= 0.3 is 5.97 Å². The van der Waals surface area contributed by atoms with Crippen molar-refractivity contribution in [2.75, 3.05) is 13.7 Å². The number of carbonyl (C=O) groups excluding carboxylic acids is 1. The molecule has 0 saturated carbocycles. The normalized spacial score (nSPS) is 21.5. The smallest absolute Gasteiger partial charge is 0.335 e. The number of hydrogen-bond acceptors (Lipinski definition) is 7. The lowest BCUT2D eigenvalue weighted by molar-refractivity contribution is -0.213. The molecule has 170 valence electrons. The van der Waals surface area contributed by atoms with Crippen LogP contribution in [0.4, 0.5) is 0 Å². The first-order valence-electron chi connectivity index (χ1n) is 10.3. The van der Waals surface area contributed by atoms with E-state index in [-0.39, 0.29) is 18.2 Å². The van der Waals surface area contributed by atoms with Crippen molar-refractivity contribution in [1.82, 2.24) is 5.06 Å². The van der Waals surface area contributed by atoms with Crippen molar-refractivity contribution >= 4 is 14.3 Å². The van der Waals surface area contributed by atoms with Crippen LogP contribution in [0.1, 0.15) is 40.2 Å². The fourth-order valence-corrected chi connectivity index (χ4v) is 4.39. The van der Waals surface area contributed by atoms with Crippen LogP contribution in [0.2, 0.25) is 18.1 Å². The molecule has 0 radical (unpaired) electrons. The van der Waals surface area contributed by atoms with Gasteiger partial charge in [0.05, 0.1) is 19.8 Å². The minimum Gasteiger partial charge on any atom is -0.467 e. The van der Waals surface area contributed by atoms with E-state index < -0.39 is 38.3 Å². The quantitative estimate of drug-likeness (QED) is 0.373. The van der Waals surface area contributed by atoms with Gasteiger partial charge in [-0.1, -0.05) is 51.1 Å². The Labute approximate surface area is 181 Å². The molecule has 1 aliphatic heterocycles. The number of rotatable bonds is 8. The van der Waals surface area contributed by atoms with E-state index in [1.54, 1.807) is 0 Å². The molecule has 3 atom stereocenters. The average molecular weight is 440 g/mol. The summed E-state index contributed by atoms with van der Waals surface area (Å²) in [7, 11) is -1.04.